The molecule has 1 unspecified atom stereocenters. The molecule has 4 rings (SSSR count). The molecule has 8 nitrogen and oxygen atoms in total. The number of likely N-dealkylation sites (tertiary alicyclic amines) is 1. The minimum Gasteiger partial charge on any atom is -0.325 e. The van der Waals surface area contributed by atoms with Gasteiger partial charge in [-0.3, -0.25) is 14.0 Å². The van der Waals surface area contributed by atoms with Crippen LogP contribution in [-0.2, 0) is 4.79 Å². The lowest BCUT2D eigenvalue weighted by Gasteiger charge is -2.22. The summed E-state index contributed by atoms with van der Waals surface area (Å²) in [6.07, 6.45) is 8.08. The van der Waals surface area contributed by atoms with Crippen molar-refractivity contribution in [1.29, 1.82) is 0 Å². The molecule has 0 aromatic carbocycles. The van der Waals surface area contributed by atoms with E-state index in [-0.39, 0.29) is 11.8 Å². The number of hydrogen-bond donors (Lipinski definition) is 1. The quantitative estimate of drug-likeness (QED) is 0.777. The predicted octanol–water partition coefficient (Wildman–Crippen LogP) is 1.43. The standard InChI is InChI=1S/C15H14N6O2S/c22-12(19-15-17-5-8-24-15)11-3-1-7-21(11)13(23)10-9-20-6-2-4-16-14(20)18-10/h2,4-6,8-9,11H,1,3,7H2,(H,17,19,22). The second-order valence-corrected chi connectivity index (χ2v) is 6.33. The average Bonchev–Trinajstić information content (AvgIpc) is 3.33. The molecule has 3 aromatic rings. The Labute approximate surface area is 141 Å². The van der Waals surface area contributed by atoms with E-state index in [0.29, 0.717) is 29.6 Å². The second-order valence-electron chi connectivity index (χ2n) is 5.44. The third-order valence-electron chi connectivity index (χ3n) is 3.93. The Morgan fingerprint density at radius 3 is 3.00 bits per heavy atom. The maximum absolute atomic E-state index is 12.8. The van der Waals surface area contributed by atoms with Crippen molar-refractivity contribution in [3.63, 3.8) is 0 Å². The zero-order valence-electron chi connectivity index (χ0n) is 12.6. The zero-order chi connectivity index (χ0) is 16.5. The van der Waals surface area contributed by atoms with E-state index in [1.807, 2.05) is 0 Å². The molecule has 0 aliphatic carbocycles. The molecule has 24 heavy (non-hydrogen) atoms. The minimum absolute atomic E-state index is 0.210. The molecule has 1 N–H and O–H groups in total. The number of rotatable bonds is 3. The summed E-state index contributed by atoms with van der Waals surface area (Å²) in [5.41, 5.74) is 0.294. The molecule has 1 fully saturated rings. The number of anilines is 1. The van der Waals surface area contributed by atoms with Gasteiger partial charge in [-0.25, -0.2) is 15.0 Å². The third kappa shape index (κ3) is 2.62. The molecule has 3 aromatic heterocycles. The van der Waals surface area contributed by atoms with Crippen molar-refractivity contribution in [2.24, 2.45) is 0 Å². The second kappa shape index (κ2) is 6.00. The van der Waals surface area contributed by atoms with Crippen LogP contribution in [0.3, 0.4) is 0 Å². The number of aromatic nitrogens is 4. The lowest BCUT2D eigenvalue weighted by atomic mass is 10.2. The SMILES string of the molecule is O=C(Nc1nccs1)C1CCCN1C(=O)c1cn2cccnc2n1. The zero-order valence-corrected chi connectivity index (χ0v) is 13.4. The lowest BCUT2D eigenvalue weighted by molar-refractivity contribution is -0.119. The van der Waals surface area contributed by atoms with E-state index in [1.165, 1.54) is 11.3 Å². The Balaban J connectivity index is 1.55. The summed E-state index contributed by atoms with van der Waals surface area (Å²) < 4.78 is 1.69. The highest BCUT2D eigenvalue weighted by Gasteiger charge is 2.35. The molecule has 0 spiro atoms. The Morgan fingerprint density at radius 1 is 1.29 bits per heavy atom. The lowest BCUT2D eigenvalue weighted by Crippen LogP contribution is -2.43. The van der Waals surface area contributed by atoms with Gasteiger partial charge in [0.05, 0.1) is 0 Å². The van der Waals surface area contributed by atoms with Gasteiger partial charge in [0, 0.05) is 36.7 Å². The Hall–Kier alpha value is -2.81. The molecule has 9 heteroatoms. The van der Waals surface area contributed by atoms with Crippen molar-refractivity contribution in [1.82, 2.24) is 24.3 Å². The first kappa shape index (κ1) is 14.8. The molecule has 122 valence electrons. The molecular formula is C15H14N6O2S. The van der Waals surface area contributed by atoms with Crippen LogP contribution in [0, 0.1) is 0 Å². The van der Waals surface area contributed by atoms with Crippen LogP contribution in [0.1, 0.15) is 23.3 Å². The van der Waals surface area contributed by atoms with E-state index in [0.717, 1.165) is 6.42 Å². The average molecular weight is 342 g/mol. The molecule has 0 radical (unpaired) electrons. The summed E-state index contributed by atoms with van der Waals surface area (Å²) >= 11 is 1.35. The van der Waals surface area contributed by atoms with E-state index in [2.05, 4.69) is 20.3 Å². The maximum Gasteiger partial charge on any atom is 0.274 e. The van der Waals surface area contributed by atoms with Crippen LogP contribution >= 0.6 is 11.3 Å². The van der Waals surface area contributed by atoms with Crippen molar-refractivity contribution >= 4 is 34.1 Å². The number of carbonyl (C=O) groups is 2. The first-order valence-corrected chi connectivity index (χ1v) is 8.41. The summed E-state index contributed by atoms with van der Waals surface area (Å²) in [5.74, 6) is -0.00110. The summed E-state index contributed by atoms with van der Waals surface area (Å²) in [5, 5.41) is 5.09. The topological polar surface area (TPSA) is 92.5 Å². The van der Waals surface area contributed by atoms with E-state index in [1.54, 1.807) is 45.5 Å². The largest absolute Gasteiger partial charge is 0.325 e. The third-order valence-corrected chi connectivity index (χ3v) is 4.62. The van der Waals surface area contributed by atoms with Gasteiger partial charge >= 0.3 is 0 Å². The van der Waals surface area contributed by atoms with Crippen LogP contribution in [0.4, 0.5) is 5.13 Å². The van der Waals surface area contributed by atoms with Gasteiger partial charge in [0.25, 0.3) is 5.91 Å². The molecule has 4 heterocycles. The fourth-order valence-electron chi connectivity index (χ4n) is 2.84. The number of carbonyl (C=O) groups excluding carboxylic acids is 2. The van der Waals surface area contributed by atoms with Crippen LogP contribution in [0.15, 0.2) is 36.2 Å². The number of fused-ring (bicyclic) bond motifs is 1. The van der Waals surface area contributed by atoms with Gasteiger partial charge in [0.2, 0.25) is 11.7 Å². The number of imidazole rings is 1. The van der Waals surface area contributed by atoms with Crippen LogP contribution in [0.25, 0.3) is 5.78 Å². The maximum atomic E-state index is 12.8. The molecule has 0 bridgehead atoms. The van der Waals surface area contributed by atoms with Crippen LogP contribution in [-0.4, -0.2) is 48.7 Å². The van der Waals surface area contributed by atoms with Gasteiger partial charge in [-0.1, -0.05) is 0 Å². The molecule has 1 atom stereocenters. The number of nitrogens with zero attached hydrogens (tertiary/aromatic N) is 5. The van der Waals surface area contributed by atoms with E-state index in [4.69, 9.17) is 0 Å². The number of amides is 2. The molecule has 2 amide bonds. The van der Waals surface area contributed by atoms with Crippen molar-refractivity contribution in [2.75, 3.05) is 11.9 Å². The van der Waals surface area contributed by atoms with Gasteiger partial charge in [0.15, 0.2) is 5.13 Å². The summed E-state index contributed by atoms with van der Waals surface area (Å²) in [6, 6.07) is 1.27. The highest BCUT2D eigenvalue weighted by molar-refractivity contribution is 7.13. The van der Waals surface area contributed by atoms with Crippen LogP contribution in [0.5, 0.6) is 0 Å². The van der Waals surface area contributed by atoms with E-state index < -0.39 is 6.04 Å². The summed E-state index contributed by atoms with van der Waals surface area (Å²) in [4.78, 5) is 39.2. The number of hydrogen-bond acceptors (Lipinski definition) is 6. The highest BCUT2D eigenvalue weighted by Crippen LogP contribution is 2.22. The molecule has 1 aliphatic heterocycles. The molecule has 1 saturated heterocycles. The first-order chi connectivity index (χ1) is 11.7. The van der Waals surface area contributed by atoms with Crippen LogP contribution in [0.2, 0.25) is 0 Å². The fraction of sp³-hybridized carbons (Fsp3) is 0.267. The van der Waals surface area contributed by atoms with Gasteiger partial charge in [0.1, 0.15) is 11.7 Å². The van der Waals surface area contributed by atoms with Gasteiger partial charge in [-0.2, -0.15) is 0 Å². The minimum atomic E-state index is -0.501. The van der Waals surface area contributed by atoms with Crippen LogP contribution < -0.4 is 5.32 Å². The Morgan fingerprint density at radius 2 is 2.21 bits per heavy atom. The van der Waals surface area contributed by atoms with Gasteiger partial charge in [-0.15, -0.1) is 11.3 Å². The normalized spacial score (nSPS) is 17.3. The van der Waals surface area contributed by atoms with Crippen molar-refractivity contribution < 1.29 is 9.59 Å². The number of thiazole rings is 1. The number of nitrogens with one attached hydrogen (secondary N) is 1. The van der Waals surface area contributed by atoms with E-state index >= 15 is 0 Å². The van der Waals surface area contributed by atoms with Gasteiger partial charge in [-0.05, 0) is 18.9 Å². The highest BCUT2D eigenvalue weighted by atomic mass is 32.1. The first-order valence-electron chi connectivity index (χ1n) is 7.53. The summed E-state index contributed by atoms with van der Waals surface area (Å²) in [6.45, 7) is 0.538. The Bertz CT molecular complexity index is 857. The fourth-order valence-corrected chi connectivity index (χ4v) is 3.37. The molecule has 0 saturated carbocycles. The predicted molar refractivity (Wildman–Crippen MR) is 87.8 cm³/mol. The van der Waals surface area contributed by atoms with E-state index in [9.17, 15) is 9.59 Å². The summed E-state index contributed by atoms with van der Waals surface area (Å²) in [7, 11) is 0. The molecular weight excluding hydrogens is 328 g/mol. The van der Waals surface area contributed by atoms with Crippen molar-refractivity contribution in [2.45, 2.75) is 18.9 Å². The van der Waals surface area contributed by atoms with Gasteiger partial charge < -0.3 is 10.2 Å². The molecule has 1 aliphatic rings. The smallest absolute Gasteiger partial charge is 0.274 e. The monoisotopic (exact) mass is 342 g/mol. The van der Waals surface area contributed by atoms with Crippen molar-refractivity contribution in [3.8, 4) is 0 Å². The van der Waals surface area contributed by atoms with Crippen molar-refractivity contribution in [3.05, 3.63) is 41.9 Å². The Kier molecular flexibility index (Phi) is 3.69.